The summed E-state index contributed by atoms with van der Waals surface area (Å²) in [6, 6.07) is -0.200. The second kappa shape index (κ2) is 6.44. The molecule has 19 heavy (non-hydrogen) atoms. The maximum absolute atomic E-state index is 13.4. The van der Waals surface area contributed by atoms with Gasteiger partial charge in [-0.1, -0.05) is 11.6 Å². The number of aliphatic carboxylic acids is 1. The van der Waals surface area contributed by atoms with Crippen LogP contribution < -0.4 is 5.32 Å². The third-order valence-electron chi connectivity index (χ3n) is 2.28. The van der Waals surface area contributed by atoms with Gasteiger partial charge in [0.25, 0.3) is 5.91 Å². The second-order valence-electron chi connectivity index (χ2n) is 3.62. The standard InChI is InChI=1S/C11H10ClF2NO4/c12-6-4-7(13)5(3-8(6)14)10(17)15-9(1-2-16)11(18)19/h3-4,9,16H,1-2H2,(H,15,17)(H,18,19)/t9-/m1/s1. The minimum absolute atomic E-state index is 0.251. The lowest BCUT2D eigenvalue weighted by atomic mass is 10.1. The van der Waals surface area contributed by atoms with Gasteiger partial charge in [0.05, 0.1) is 10.6 Å². The van der Waals surface area contributed by atoms with Gasteiger partial charge >= 0.3 is 5.97 Å². The maximum atomic E-state index is 13.4. The van der Waals surface area contributed by atoms with E-state index in [2.05, 4.69) is 0 Å². The monoisotopic (exact) mass is 293 g/mol. The van der Waals surface area contributed by atoms with Crippen LogP contribution in [0.5, 0.6) is 0 Å². The summed E-state index contributed by atoms with van der Waals surface area (Å²) in [7, 11) is 0. The zero-order valence-electron chi connectivity index (χ0n) is 9.49. The van der Waals surface area contributed by atoms with E-state index in [-0.39, 0.29) is 6.42 Å². The van der Waals surface area contributed by atoms with Crippen LogP contribution in [0.3, 0.4) is 0 Å². The normalized spacial score (nSPS) is 12.0. The van der Waals surface area contributed by atoms with E-state index < -0.39 is 46.7 Å². The molecule has 0 radical (unpaired) electrons. The van der Waals surface area contributed by atoms with Crippen molar-refractivity contribution in [2.45, 2.75) is 12.5 Å². The van der Waals surface area contributed by atoms with Gasteiger partial charge in [-0.25, -0.2) is 13.6 Å². The van der Waals surface area contributed by atoms with Crippen LogP contribution in [0.25, 0.3) is 0 Å². The molecule has 0 fully saturated rings. The first-order valence-corrected chi connectivity index (χ1v) is 5.53. The van der Waals surface area contributed by atoms with Gasteiger partial charge in [0.1, 0.15) is 17.7 Å². The molecule has 0 bridgehead atoms. The lowest BCUT2D eigenvalue weighted by Crippen LogP contribution is -2.41. The molecule has 0 aromatic heterocycles. The molecular formula is C11H10ClF2NO4. The molecule has 0 aliphatic carbocycles. The Morgan fingerprint density at radius 1 is 1.32 bits per heavy atom. The molecule has 1 amide bonds. The number of hydrogen-bond acceptors (Lipinski definition) is 3. The van der Waals surface area contributed by atoms with Gasteiger partial charge in [-0.3, -0.25) is 4.79 Å². The number of benzene rings is 1. The van der Waals surface area contributed by atoms with Gasteiger partial charge in [0, 0.05) is 13.0 Å². The zero-order chi connectivity index (χ0) is 14.6. The average molecular weight is 294 g/mol. The lowest BCUT2D eigenvalue weighted by molar-refractivity contribution is -0.139. The predicted octanol–water partition coefficient (Wildman–Crippen LogP) is 1.18. The van der Waals surface area contributed by atoms with Crippen LogP contribution in [0.2, 0.25) is 5.02 Å². The van der Waals surface area contributed by atoms with Gasteiger partial charge in [0.2, 0.25) is 0 Å². The summed E-state index contributed by atoms with van der Waals surface area (Å²) >= 11 is 5.32. The summed E-state index contributed by atoms with van der Waals surface area (Å²) < 4.78 is 26.5. The molecule has 0 saturated carbocycles. The largest absolute Gasteiger partial charge is 0.480 e. The third-order valence-corrected chi connectivity index (χ3v) is 2.57. The van der Waals surface area contributed by atoms with Crippen LogP contribution in [-0.2, 0) is 4.79 Å². The molecule has 1 atom stereocenters. The Morgan fingerprint density at radius 3 is 2.47 bits per heavy atom. The number of nitrogens with one attached hydrogen (secondary N) is 1. The van der Waals surface area contributed by atoms with Crippen LogP contribution in [0, 0.1) is 11.6 Å². The van der Waals surface area contributed by atoms with Gasteiger partial charge in [-0.15, -0.1) is 0 Å². The van der Waals surface area contributed by atoms with E-state index in [4.69, 9.17) is 21.8 Å². The summed E-state index contributed by atoms with van der Waals surface area (Å²) in [5, 5.41) is 18.9. The molecule has 0 saturated heterocycles. The van der Waals surface area contributed by atoms with Crippen molar-refractivity contribution >= 4 is 23.5 Å². The fourth-order valence-corrected chi connectivity index (χ4v) is 1.47. The molecule has 1 aromatic rings. The smallest absolute Gasteiger partial charge is 0.326 e. The van der Waals surface area contributed by atoms with Gasteiger partial charge in [-0.2, -0.15) is 0 Å². The van der Waals surface area contributed by atoms with Crippen molar-refractivity contribution in [3.63, 3.8) is 0 Å². The molecule has 104 valence electrons. The zero-order valence-corrected chi connectivity index (χ0v) is 10.2. The molecule has 0 aliphatic heterocycles. The number of aliphatic hydroxyl groups excluding tert-OH is 1. The summed E-state index contributed by atoms with van der Waals surface area (Å²) in [4.78, 5) is 22.4. The van der Waals surface area contributed by atoms with Gasteiger partial charge < -0.3 is 15.5 Å². The maximum Gasteiger partial charge on any atom is 0.326 e. The molecule has 1 aromatic carbocycles. The Balaban J connectivity index is 2.94. The number of aliphatic hydroxyl groups is 1. The van der Waals surface area contributed by atoms with Crippen LogP contribution in [-0.4, -0.2) is 34.7 Å². The van der Waals surface area contributed by atoms with Crippen LogP contribution in [0.15, 0.2) is 12.1 Å². The van der Waals surface area contributed by atoms with Crippen molar-refractivity contribution in [2.75, 3.05) is 6.61 Å². The number of carboxylic acids is 1. The van der Waals surface area contributed by atoms with Gasteiger partial charge in [0.15, 0.2) is 0 Å². The van der Waals surface area contributed by atoms with Crippen LogP contribution in [0.1, 0.15) is 16.8 Å². The summed E-state index contributed by atoms with van der Waals surface area (Å²) in [6.07, 6.45) is -0.251. The third kappa shape index (κ3) is 3.87. The Kier molecular flexibility index (Phi) is 5.20. The van der Waals surface area contributed by atoms with E-state index in [9.17, 15) is 18.4 Å². The Hall–Kier alpha value is -1.73. The van der Waals surface area contributed by atoms with E-state index in [1.807, 2.05) is 5.32 Å². The van der Waals surface area contributed by atoms with Crippen molar-refractivity contribution in [1.82, 2.24) is 5.32 Å². The number of halogens is 3. The van der Waals surface area contributed by atoms with Crippen LogP contribution in [0.4, 0.5) is 8.78 Å². The summed E-state index contributed by atoms with van der Waals surface area (Å²) in [6.45, 7) is -0.477. The second-order valence-corrected chi connectivity index (χ2v) is 4.03. The van der Waals surface area contributed by atoms with Crippen molar-refractivity contribution in [1.29, 1.82) is 0 Å². The van der Waals surface area contributed by atoms with E-state index in [0.29, 0.717) is 12.1 Å². The molecule has 0 heterocycles. The number of rotatable bonds is 5. The lowest BCUT2D eigenvalue weighted by Gasteiger charge is -2.13. The topological polar surface area (TPSA) is 86.6 Å². The predicted molar refractivity (Wildman–Crippen MR) is 62.0 cm³/mol. The highest BCUT2D eigenvalue weighted by Gasteiger charge is 2.22. The fourth-order valence-electron chi connectivity index (χ4n) is 1.32. The molecule has 5 nitrogen and oxygen atoms in total. The molecule has 8 heteroatoms. The number of carbonyl (C=O) groups is 2. The molecule has 3 N–H and O–H groups in total. The fraction of sp³-hybridized carbons (Fsp3) is 0.273. The first-order chi connectivity index (χ1) is 8.86. The minimum atomic E-state index is -1.39. The SMILES string of the molecule is O=C(N[C@H](CCO)C(=O)O)c1cc(F)c(Cl)cc1F. The number of carbonyl (C=O) groups excluding carboxylic acids is 1. The number of amides is 1. The van der Waals surface area contributed by atoms with Crippen molar-refractivity contribution in [3.8, 4) is 0 Å². The average Bonchev–Trinajstić information content (AvgIpc) is 2.32. The minimum Gasteiger partial charge on any atom is -0.480 e. The Labute approximate surface area is 111 Å². The molecule has 0 aliphatic rings. The Morgan fingerprint density at radius 2 is 1.95 bits per heavy atom. The van der Waals surface area contributed by atoms with E-state index in [0.717, 1.165) is 0 Å². The summed E-state index contributed by atoms with van der Waals surface area (Å²) in [5.74, 6) is -4.56. The summed E-state index contributed by atoms with van der Waals surface area (Å²) in [5.41, 5.74) is -0.661. The van der Waals surface area contributed by atoms with Crippen LogP contribution >= 0.6 is 11.6 Å². The van der Waals surface area contributed by atoms with E-state index in [1.165, 1.54) is 0 Å². The highest BCUT2D eigenvalue weighted by atomic mass is 35.5. The molecule has 0 spiro atoms. The first kappa shape index (κ1) is 15.3. The Bertz CT molecular complexity index is 510. The van der Waals surface area contributed by atoms with Gasteiger partial charge in [-0.05, 0) is 12.1 Å². The molecular weight excluding hydrogens is 284 g/mol. The van der Waals surface area contributed by atoms with Crippen molar-refractivity contribution in [3.05, 3.63) is 34.4 Å². The number of carboxylic acid groups (broad SMARTS) is 1. The van der Waals surface area contributed by atoms with E-state index in [1.54, 1.807) is 0 Å². The van der Waals surface area contributed by atoms with Crippen molar-refractivity contribution < 1.29 is 28.6 Å². The van der Waals surface area contributed by atoms with Crippen molar-refractivity contribution in [2.24, 2.45) is 0 Å². The quantitative estimate of drug-likeness (QED) is 0.712. The molecule has 1 rings (SSSR count). The highest BCUT2D eigenvalue weighted by Crippen LogP contribution is 2.19. The highest BCUT2D eigenvalue weighted by molar-refractivity contribution is 6.30. The number of hydrogen-bond donors (Lipinski definition) is 3. The molecule has 0 unspecified atom stereocenters. The first-order valence-electron chi connectivity index (χ1n) is 5.16. The van der Waals surface area contributed by atoms with E-state index >= 15 is 0 Å².